The molecule has 3 nitrogen and oxygen atoms in total. The molecule has 1 aromatic rings. The number of hydrogen-bond donors (Lipinski definition) is 2. The summed E-state index contributed by atoms with van der Waals surface area (Å²) in [6.45, 7) is 0.765. The van der Waals surface area contributed by atoms with Gasteiger partial charge in [0, 0.05) is 11.4 Å². The summed E-state index contributed by atoms with van der Waals surface area (Å²) in [5.74, 6) is -0.779. The predicted molar refractivity (Wildman–Crippen MR) is 46.4 cm³/mol. The lowest BCUT2D eigenvalue weighted by atomic mass is 10.0. The first-order valence-corrected chi connectivity index (χ1v) is 4.69. The van der Waals surface area contributed by atoms with E-state index < -0.39 is 12.0 Å². The van der Waals surface area contributed by atoms with E-state index in [1.165, 1.54) is 16.9 Å². The van der Waals surface area contributed by atoms with Crippen molar-refractivity contribution in [3.63, 3.8) is 0 Å². The Balaban J connectivity index is 2.37. The van der Waals surface area contributed by atoms with E-state index in [2.05, 4.69) is 5.32 Å². The number of aliphatic carboxylic acids is 1. The molecule has 2 N–H and O–H groups in total. The fraction of sp³-hybridized carbons (Fsp3) is 0.375. The van der Waals surface area contributed by atoms with Crippen molar-refractivity contribution in [2.75, 3.05) is 6.54 Å². The maximum Gasteiger partial charge on any atom is 0.326 e. The molecule has 2 heterocycles. The van der Waals surface area contributed by atoms with Crippen molar-refractivity contribution in [2.45, 2.75) is 12.5 Å². The van der Waals surface area contributed by atoms with Gasteiger partial charge in [0.25, 0.3) is 0 Å². The van der Waals surface area contributed by atoms with Gasteiger partial charge in [-0.2, -0.15) is 0 Å². The van der Waals surface area contributed by atoms with Gasteiger partial charge >= 0.3 is 5.97 Å². The molecule has 12 heavy (non-hydrogen) atoms. The van der Waals surface area contributed by atoms with Gasteiger partial charge < -0.3 is 5.11 Å². The second kappa shape index (κ2) is 2.88. The van der Waals surface area contributed by atoms with Crippen LogP contribution in [0.2, 0.25) is 0 Å². The van der Waals surface area contributed by atoms with E-state index >= 15 is 0 Å². The SMILES string of the molecule is O=C(O)[C@@H]1NCCc2ccsc21. The molecule has 0 saturated carbocycles. The maximum atomic E-state index is 10.8. The highest BCUT2D eigenvalue weighted by atomic mass is 32.1. The van der Waals surface area contributed by atoms with Crippen LogP contribution in [0.25, 0.3) is 0 Å². The molecule has 1 atom stereocenters. The van der Waals surface area contributed by atoms with E-state index in [4.69, 9.17) is 5.11 Å². The second-order valence-electron chi connectivity index (χ2n) is 2.79. The van der Waals surface area contributed by atoms with Crippen LogP contribution in [-0.2, 0) is 11.2 Å². The summed E-state index contributed by atoms with van der Waals surface area (Å²) < 4.78 is 0. The molecule has 2 rings (SSSR count). The fourth-order valence-corrected chi connectivity index (χ4v) is 2.47. The predicted octanol–water partition coefficient (Wildman–Crippen LogP) is 1.02. The molecule has 0 bridgehead atoms. The van der Waals surface area contributed by atoms with Gasteiger partial charge in [0.15, 0.2) is 0 Å². The van der Waals surface area contributed by atoms with Crippen molar-refractivity contribution in [2.24, 2.45) is 0 Å². The highest BCUT2D eigenvalue weighted by Crippen LogP contribution is 2.27. The minimum atomic E-state index is -0.779. The smallest absolute Gasteiger partial charge is 0.326 e. The van der Waals surface area contributed by atoms with Gasteiger partial charge in [-0.3, -0.25) is 10.1 Å². The van der Waals surface area contributed by atoms with Crippen molar-refractivity contribution in [1.82, 2.24) is 5.32 Å². The van der Waals surface area contributed by atoms with Crippen molar-refractivity contribution in [3.8, 4) is 0 Å². The van der Waals surface area contributed by atoms with Crippen molar-refractivity contribution in [3.05, 3.63) is 21.9 Å². The molecule has 0 aliphatic carbocycles. The minimum Gasteiger partial charge on any atom is -0.480 e. The van der Waals surface area contributed by atoms with Gasteiger partial charge in [-0.1, -0.05) is 0 Å². The molecule has 64 valence electrons. The average molecular weight is 183 g/mol. The van der Waals surface area contributed by atoms with Crippen LogP contribution in [0.15, 0.2) is 11.4 Å². The van der Waals surface area contributed by atoms with Crippen LogP contribution < -0.4 is 5.32 Å². The van der Waals surface area contributed by atoms with E-state index in [0.717, 1.165) is 17.8 Å². The highest BCUT2D eigenvalue weighted by Gasteiger charge is 2.26. The van der Waals surface area contributed by atoms with Crippen molar-refractivity contribution < 1.29 is 9.90 Å². The molecule has 1 aromatic heterocycles. The first-order chi connectivity index (χ1) is 5.79. The topological polar surface area (TPSA) is 49.3 Å². The zero-order valence-corrected chi connectivity index (χ0v) is 7.23. The van der Waals surface area contributed by atoms with Crippen LogP contribution in [0.3, 0.4) is 0 Å². The van der Waals surface area contributed by atoms with E-state index in [1.54, 1.807) is 0 Å². The minimum absolute atomic E-state index is 0.478. The zero-order valence-electron chi connectivity index (χ0n) is 6.41. The first-order valence-electron chi connectivity index (χ1n) is 3.81. The number of nitrogens with one attached hydrogen (secondary N) is 1. The molecule has 0 fully saturated rings. The molecule has 0 unspecified atom stereocenters. The molecule has 0 spiro atoms. The Morgan fingerprint density at radius 2 is 2.58 bits per heavy atom. The molecule has 0 saturated heterocycles. The Bertz CT molecular complexity index is 308. The summed E-state index contributed by atoms with van der Waals surface area (Å²) in [7, 11) is 0. The van der Waals surface area contributed by atoms with Crippen LogP contribution in [0.1, 0.15) is 16.5 Å². The quantitative estimate of drug-likeness (QED) is 0.683. The number of fused-ring (bicyclic) bond motifs is 1. The number of carboxylic acids is 1. The number of thiophene rings is 1. The second-order valence-corrected chi connectivity index (χ2v) is 3.73. The van der Waals surface area contributed by atoms with E-state index in [1.807, 2.05) is 11.4 Å². The number of rotatable bonds is 1. The summed E-state index contributed by atoms with van der Waals surface area (Å²) in [4.78, 5) is 11.7. The lowest BCUT2D eigenvalue weighted by molar-refractivity contribution is -0.139. The number of hydrogen-bond acceptors (Lipinski definition) is 3. The molecule has 0 radical (unpaired) electrons. The summed E-state index contributed by atoms with van der Waals surface area (Å²) in [5, 5.41) is 13.8. The molecule has 0 aromatic carbocycles. The van der Waals surface area contributed by atoms with Crippen LogP contribution >= 0.6 is 11.3 Å². The Kier molecular flexibility index (Phi) is 1.86. The Morgan fingerprint density at radius 3 is 3.33 bits per heavy atom. The lowest BCUT2D eigenvalue weighted by Gasteiger charge is -2.19. The number of carboxylic acid groups (broad SMARTS) is 1. The number of carbonyl (C=O) groups is 1. The summed E-state index contributed by atoms with van der Waals surface area (Å²) >= 11 is 1.52. The summed E-state index contributed by atoms with van der Waals surface area (Å²) in [6, 6.07) is 1.53. The molecule has 0 amide bonds. The molecular weight excluding hydrogens is 174 g/mol. The van der Waals surface area contributed by atoms with Crippen molar-refractivity contribution in [1.29, 1.82) is 0 Å². The van der Waals surface area contributed by atoms with Gasteiger partial charge in [-0.25, -0.2) is 0 Å². The third-order valence-electron chi connectivity index (χ3n) is 2.03. The standard InChI is InChI=1S/C8H9NO2S/c10-8(11)6-7-5(1-3-9-6)2-4-12-7/h2,4,6,9H,1,3H2,(H,10,11)/t6-/m1/s1. The van der Waals surface area contributed by atoms with E-state index in [-0.39, 0.29) is 0 Å². The van der Waals surface area contributed by atoms with Gasteiger partial charge in [-0.05, 0) is 23.4 Å². The Morgan fingerprint density at radius 1 is 1.75 bits per heavy atom. The largest absolute Gasteiger partial charge is 0.480 e. The molecular formula is C8H9NO2S. The monoisotopic (exact) mass is 183 g/mol. The van der Waals surface area contributed by atoms with Crippen LogP contribution in [0, 0.1) is 0 Å². The van der Waals surface area contributed by atoms with Gasteiger partial charge in [-0.15, -0.1) is 11.3 Å². The maximum absolute atomic E-state index is 10.8. The van der Waals surface area contributed by atoms with Gasteiger partial charge in [0.2, 0.25) is 0 Å². The van der Waals surface area contributed by atoms with Gasteiger partial charge in [0.05, 0.1) is 0 Å². The molecule has 1 aliphatic heterocycles. The lowest BCUT2D eigenvalue weighted by Crippen LogP contribution is -2.33. The Labute approximate surface area is 74.0 Å². The van der Waals surface area contributed by atoms with Crippen LogP contribution in [0.4, 0.5) is 0 Å². The Hall–Kier alpha value is -0.870. The molecule has 1 aliphatic rings. The first kappa shape index (κ1) is 7.76. The summed E-state index contributed by atoms with van der Waals surface area (Å²) in [6.07, 6.45) is 0.947. The molecule has 4 heteroatoms. The normalized spacial score (nSPS) is 21.8. The zero-order chi connectivity index (χ0) is 8.55. The van der Waals surface area contributed by atoms with Crippen molar-refractivity contribution >= 4 is 17.3 Å². The summed E-state index contributed by atoms with van der Waals surface area (Å²) in [5.41, 5.74) is 1.19. The third kappa shape index (κ3) is 1.13. The van der Waals surface area contributed by atoms with E-state index in [0.29, 0.717) is 0 Å². The van der Waals surface area contributed by atoms with Crippen LogP contribution in [-0.4, -0.2) is 17.6 Å². The third-order valence-corrected chi connectivity index (χ3v) is 3.06. The fourth-order valence-electron chi connectivity index (χ4n) is 1.45. The van der Waals surface area contributed by atoms with Crippen LogP contribution in [0.5, 0.6) is 0 Å². The highest BCUT2D eigenvalue weighted by molar-refractivity contribution is 7.10. The van der Waals surface area contributed by atoms with E-state index in [9.17, 15) is 4.79 Å². The average Bonchev–Trinajstić information content (AvgIpc) is 2.49. The van der Waals surface area contributed by atoms with Gasteiger partial charge in [0.1, 0.15) is 6.04 Å².